The van der Waals surface area contributed by atoms with Crippen LogP contribution in [0.25, 0.3) is 0 Å². The molecule has 0 aliphatic rings. The number of hydrogen-bond acceptors (Lipinski definition) is 3. The van der Waals surface area contributed by atoms with Crippen molar-refractivity contribution in [2.24, 2.45) is 0 Å². The maximum Gasteiger partial charge on any atom is 0.325 e. The van der Waals surface area contributed by atoms with Gasteiger partial charge in [0.2, 0.25) is 0 Å². The molecular formula is C9H15NO2Si. The Labute approximate surface area is 80.3 Å². The summed E-state index contributed by atoms with van der Waals surface area (Å²) < 4.78 is 10.4. The molecule has 0 fully saturated rings. The van der Waals surface area contributed by atoms with E-state index in [4.69, 9.17) is 14.6 Å². The normalized spacial score (nSPS) is 10.7. The van der Waals surface area contributed by atoms with Crippen molar-refractivity contribution in [2.75, 3.05) is 20.0 Å². The second-order valence-corrected chi connectivity index (χ2v) is 5.06. The van der Waals surface area contributed by atoms with Crippen LogP contribution in [0.5, 0.6) is 0 Å². The van der Waals surface area contributed by atoms with Gasteiger partial charge in [-0.15, -0.1) is 0 Å². The van der Waals surface area contributed by atoms with Crippen molar-refractivity contribution in [1.29, 1.82) is 0 Å². The summed E-state index contributed by atoms with van der Waals surface area (Å²) >= 11 is 0. The lowest BCUT2D eigenvalue weighted by Gasteiger charge is -2.10. The van der Waals surface area contributed by atoms with E-state index >= 15 is 0 Å². The van der Waals surface area contributed by atoms with Crippen molar-refractivity contribution >= 4 is 15.0 Å². The molecule has 1 aromatic rings. The van der Waals surface area contributed by atoms with Gasteiger partial charge in [-0.25, -0.2) is 0 Å². The number of nitrogens with two attached hydrogens (primary N) is 1. The van der Waals surface area contributed by atoms with Crippen LogP contribution >= 0.6 is 0 Å². The van der Waals surface area contributed by atoms with Crippen LogP contribution in [0, 0.1) is 0 Å². The van der Waals surface area contributed by atoms with Crippen LogP contribution in [0.2, 0.25) is 0 Å². The van der Waals surface area contributed by atoms with Gasteiger partial charge in [0.15, 0.2) is 0 Å². The Kier molecular flexibility index (Phi) is 3.95. The van der Waals surface area contributed by atoms with Gasteiger partial charge in [-0.3, -0.25) is 0 Å². The lowest BCUT2D eigenvalue weighted by Crippen LogP contribution is -2.22. The van der Waals surface area contributed by atoms with Crippen LogP contribution in [0.3, 0.4) is 0 Å². The highest BCUT2D eigenvalue weighted by atomic mass is 28.3. The predicted molar refractivity (Wildman–Crippen MR) is 55.7 cm³/mol. The summed E-state index contributed by atoms with van der Waals surface area (Å²) in [7, 11) is 1.91. The second-order valence-electron chi connectivity index (χ2n) is 2.85. The Morgan fingerprint density at radius 1 is 1.15 bits per heavy atom. The molecular weight excluding hydrogens is 182 g/mol. The number of rotatable bonds is 4. The maximum atomic E-state index is 5.57. The van der Waals surface area contributed by atoms with Crippen molar-refractivity contribution in [3.8, 4) is 0 Å². The molecule has 0 amide bonds. The summed E-state index contributed by atoms with van der Waals surface area (Å²) in [5.74, 6) is 0. The Bertz CT molecular complexity index is 246. The lowest BCUT2D eigenvalue weighted by atomic mass is 10.2. The predicted octanol–water partition coefficient (Wildman–Crippen LogP) is 0.864. The summed E-state index contributed by atoms with van der Waals surface area (Å²) in [6.45, 7) is 0. The molecule has 1 rings (SSSR count). The minimum atomic E-state index is -1.48. The van der Waals surface area contributed by atoms with Crippen molar-refractivity contribution in [3.63, 3.8) is 0 Å². The molecule has 0 saturated heterocycles. The van der Waals surface area contributed by atoms with Crippen molar-refractivity contribution < 1.29 is 8.85 Å². The Hall–Kier alpha value is -0.843. The molecule has 72 valence electrons. The molecule has 1 aromatic carbocycles. The monoisotopic (exact) mass is 197 g/mol. The van der Waals surface area contributed by atoms with Crippen molar-refractivity contribution in [1.82, 2.24) is 0 Å². The molecule has 0 saturated carbocycles. The third kappa shape index (κ3) is 3.18. The van der Waals surface area contributed by atoms with Crippen LogP contribution in [0.1, 0.15) is 5.56 Å². The molecule has 0 aliphatic carbocycles. The van der Waals surface area contributed by atoms with Crippen molar-refractivity contribution in [3.05, 3.63) is 29.8 Å². The fourth-order valence-corrected chi connectivity index (χ4v) is 2.29. The maximum absolute atomic E-state index is 5.57. The molecule has 0 aromatic heterocycles. The van der Waals surface area contributed by atoms with Gasteiger partial charge in [-0.05, 0) is 17.7 Å². The van der Waals surface area contributed by atoms with E-state index in [9.17, 15) is 0 Å². The topological polar surface area (TPSA) is 44.5 Å². The average Bonchev–Trinajstić information content (AvgIpc) is 2.17. The number of nitrogen functional groups attached to an aromatic ring is 1. The van der Waals surface area contributed by atoms with E-state index in [0.717, 1.165) is 11.7 Å². The van der Waals surface area contributed by atoms with Gasteiger partial charge >= 0.3 is 9.28 Å². The van der Waals surface area contributed by atoms with Crippen LogP contribution in [0.15, 0.2) is 24.3 Å². The van der Waals surface area contributed by atoms with Gasteiger partial charge in [0, 0.05) is 26.0 Å². The molecule has 0 bridgehead atoms. The zero-order valence-corrected chi connectivity index (χ0v) is 9.14. The van der Waals surface area contributed by atoms with Gasteiger partial charge in [0.05, 0.1) is 0 Å². The summed E-state index contributed by atoms with van der Waals surface area (Å²) in [4.78, 5) is 0. The number of hydrogen-bond donors (Lipinski definition) is 1. The lowest BCUT2D eigenvalue weighted by molar-refractivity contribution is 0.277. The van der Waals surface area contributed by atoms with Gasteiger partial charge < -0.3 is 14.6 Å². The molecule has 0 aliphatic heterocycles. The van der Waals surface area contributed by atoms with E-state index in [1.165, 1.54) is 5.56 Å². The van der Waals surface area contributed by atoms with Crippen LogP contribution in [0.4, 0.5) is 5.69 Å². The van der Waals surface area contributed by atoms with Gasteiger partial charge in [0.1, 0.15) is 0 Å². The summed E-state index contributed by atoms with van der Waals surface area (Å²) in [6, 6.07) is 8.69. The Morgan fingerprint density at radius 2 is 1.69 bits per heavy atom. The second kappa shape index (κ2) is 5.01. The largest absolute Gasteiger partial charge is 0.400 e. The SMILES string of the molecule is CO[SiH](Cc1ccc(N)cc1)OC. The molecule has 0 unspecified atom stereocenters. The van der Waals surface area contributed by atoms with Gasteiger partial charge in [-0.2, -0.15) is 0 Å². The molecule has 0 spiro atoms. The molecule has 13 heavy (non-hydrogen) atoms. The number of benzene rings is 1. The summed E-state index contributed by atoms with van der Waals surface area (Å²) in [6.07, 6.45) is 0. The van der Waals surface area contributed by atoms with Crippen LogP contribution in [-0.4, -0.2) is 23.5 Å². The quantitative estimate of drug-likeness (QED) is 0.575. The molecule has 0 atom stereocenters. The summed E-state index contributed by atoms with van der Waals surface area (Å²) in [5.41, 5.74) is 7.58. The van der Waals surface area contributed by atoms with E-state index in [-0.39, 0.29) is 0 Å². The number of anilines is 1. The van der Waals surface area contributed by atoms with E-state index in [1.54, 1.807) is 14.2 Å². The standard InChI is InChI=1S/C9H15NO2Si/c1-11-13(12-2)7-8-3-5-9(10)6-4-8/h3-6,13H,7,10H2,1-2H3. The average molecular weight is 197 g/mol. The van der Waals surface area contributed by atoms with Crippen molar-refractivity contribution in [2.45, 2.75) is 6.04 Å². The molecule has 0 heterocycles. The highest BCUT2D eigenvalue weighted by Crippen LogP contribution is 2.07. The third-order valence-corrected chi connectivity index (χ3v) is 3.76. The first-order chi connectivity index (χ1) is 6.26. The smallest absolute Gasteiger partial charge is 0.325 e. The van der Waals surface area contributed by atoms with Crippen LogP contribution in [-0.2, 0) is 14.9 Å². The summed E-state index contributed by atoms with van der Waals surface area (Å²) in [5, 5.41) is 0. The Balaban J connectivity index is 2.58. The molecule has 3 nitrogen and oxygen atoms in total. The fraction of sp³-hybridized carbons (Fsp3) is 0.333. The van der Waals surface area contributed by atoms with E-state index < -0.39 is 9.28 Å². The first-order valence-corrected chi connectivity index (χ1v) is 5.92. The minimum absolute atomic E-state index is 0.789. The third-order valence-electron chi connectivity index (χ3n) is 1.91. The van der Waals surface area contributed by atoms with E-state index in [2.05, 4.69) is 0 Å². The van der Waals surface area contributed by atoms with Crippen LogP contribution < -0.4 is 5.73 Å². The van der Waals surface area contributed by atoms with Gasteiger partial charge in [0.25, 0.3) is 0 Å². The zero-order chi connectivity index (χ0) is 9.68. The molecule has 0 radical (unpaired) electrons. The minimum Gasteiger partial charge on any atom is -0.400 e. The van der Waals surface area contributed by atoms with Gasteiger partial charge in [-0.1, -0.05) is 12.1 Å². The Morgan fingerprint density at radius 3 is 2.15 bits per heavy atom. The van der Waals surface area contributed by atoms with E-state index in [0.29, 0.717) is 0 Å². The molecule has 2 N–H and O–H groups in total. The first kappa shape index (κ1) is 10.2. The molecule has 4 heteroatoms. The highest BCUT2D eigenvalue weighted by Gasteiger charge is 2.09. The first-order valence-electron chi connectivity index (χ1n) is 4.16. The zero-order valence-electron chi connectivity index (χ0n) is 7.99. The van der Waals surface area contributed by atoms with E-state index in [1.807, 2.05) is 24.3 Å². The highest BCUT2D eigenvalue weighted by molar-refractivity contribution is 6.43. The fourth-order valence-electron chi connectivity index (χ4n) is 1.11.